The van der Waals surface area contributed by atoms with E-state index in [1.54, 1.807) is 12.1 Å². The molecule has 0 spiro atoms. The lowest BCUT2D eigenvalue weighted by Crippen LogP contribution is -2.35. The fourth-order valence-electron chi connectivity index (χ4n) is 1.65. The lowest BCUT2D eigenvalue weighted by Gasteiger charge is -2.18. The Labute approximate surface area is 122 Å². The Balaban J connectivity index is 2.98. The van der Waals surface area contributed by atoms with Crippen LogP contribution in [0.3, 0.4) is 0 Å². The second-order valence-corrected chi connectivity index (χ2v) is 4.09. The minimum atomic E-state index is -1.10. The normalized spacial score (nSPS) is 9.71. The molecule has 116 valence electrons. The zero-order chi connectivity index (χ0) is 16.0. The van der Waals surface area contributed by atoms with Crippen LogP contribution in [0.2, 0.25) is 0 Å². The van der Waals surface area contributed by atoms with E-state index in [1.165, 1.54) is 28.4 Å². The fourth-order valence-corrected chi connectivity index (χ4v) is 1.65. The van der Waals surface area contributed by atoms with Crippen molar-refractivity contribution < 1.29 is 28.9 Å². The molecule has 0 fully saturated rings. The molecule has 0 heterocycles. The summed E-state index contributed by atoms with van der Waals surface area (Å²) in [7, 11) is 5.76. The van der Waals surface area contributed by atoms with Gasteiger partial charge in [0.1, 0.15) is 6.54 Å². The topological polar surface area (TPSA) is 97.3 Å². The number of likely N-dealkylation sites (N-methyl/N-ethyl adjacent to an activating group) is 1. The number of nitrogens with one attached hydrogen (secondary N) is 1. The van der Waals surface area contributed by atoms with Gasteiger partial charge in [0.2, 0.25) is 5.75 Å². The van der Waals surface area contributed by atoms with Crippen LogP contribution in [0, 0.1) is 0 Å². The molecule has 8 heteroatoms. The predicted molar refractivity (Wildman–Crippen MR) is 75.4 cm³/mol. The number of benzene rings is 1. The number of ether oxygens (including phenoxy) is 3. The molecule has 0 atom stereocenters. The summed E-state index contributed by atoms with van der Waals surface area (Å²) in [6, 6.07) is 2.54. The molecule has 21 heavy (non-hydrogen) atoms. The monoisotopic (exact) mass is 298 g/mol. The molecule has 2 N–H and O–H groups in total. The molecule has 0 radical (unpaired) electrons. The highest BCUT2D eigenvalue weighted by Crippen LogP contribution is 2.39. The molecular weight excluding hydrogens is 280 g/mol. The highest BCUT2D eigenvalue weighted by atomic mass is 16.5. The van der Waals surface area contributed by atoms with Crippen LogP contribution in [0.15, 0.2) is 12.1 Å². The van der Waals surface area contributed by atoms with E-state index in [0.717, 1.165) is 4.90 Å². The van der Waals surface area contributed by atoms with E-state index in [4.69, 9.17) is 19.3 Å². The van der Waals surface area contributed by atoms with Crippen molar-refractivity contribution in [2.45, 2.75) is 0 Å². The van der Waals surface area contributed by atoms with E-state index >= 15 is 0 Å². The van der Waals surface area contributed by atoms with Crippen molar-refractivity contribution in [3.05, 3.63) is 12.1 Å². The van der Waals surface area contributed by atoms with Gasteiger partial charge >= 0.3 is 12.0 Å². The summed E-state index contributed by atoms with van der Waals surface area (Å²) in [6.45, 7) is -0.406. The van der Waals surface area contributed by atoms with Gasteiger partial charge in [0.05, 0.1) is 27.0 Å². The predicted octanol–water partition coefficient (Wildman–Crippen LogP) is 1.26. The smallest absolute Gasteiger partial charge is 0.323 e. The van der Waals surface area contributed by atoms with Gasteiger partial charge in [0.15, 0.2) is 11.5 Å². The average molecular weight is 298 g/mol. The van der Waals surface area contributed by atoms with Gasteiger partial charge in [-0.1, -0.05) is 0 Å². The summed E-state index contributed by atoms with van der Waals surface area (Å²) in [5.41, 5.74) is 0.395. The number of carboxylic acid groups (broad SMARTS) is 1. The Morgan fingerprint density at radius 1 is 1.14 bits per heavy atom. The van der Waals surface area contributed by atoms with Gasteiger partial charge in [-0.25, -0.2) is 4.79 Å². The highest BCUT2D eigenvalue weighted by Gasteiger charge is 2.16. The lowest BCUT2D eigenvalue weighted by molar-refractivity contribution is -0.137. The summed E-state index contributed by atoms with van der Waals surface area (Å²) >= 11 is 0. The molecule has 0 aliphatic heterocycles. The first kappa shape index (κ1) is 16.4. The quantitative estimate of drug-likeness (QED) is 0.820. The number of carboxylic acids is 1. The third-order valence-electron chi connectivity index (χ3n) is 2.64. The number of aliphatic carboxylic acids is 1. The molecule has 0 bridgehead atoms. The number of hydrogen-bond donors (Lipinski definition) is 2. The van der Waals surface area contributed by atoms with E-state index < -0.39 is 18.5 Å². The van der Waals surface area contributed by atoms with Crippen LogP contribution in [0.1, 0.15) is 0 Å². The Morgan fingerprint density at radius 2 is 1.67 bits per heavy atom. The van der Waals surface area contributed by atoms with Crippen LogP contribution < -0.4 is 19.5 Å². The van der Waals surface area contributed by atoms with Gasteiger partial charge < -0.3 is 29.5 Å². The van der Waals surface area contributed by atoms with Crippen molar-refractivity contribution in [3.63, 3.8) is 0 Å². The summed E-state index contributed by atoms with van der Waals surface area (Å²) < 4.78 is 15.5. The molecule has 0 aliphatic carbocycles. The minimum Gasteiger partial charge on any atom is -0.493 e. The molecule has 1 aromatic carbocycles. The standard InChI is InChI=1S/C13H18N2O6/c1-15(7-11(16)17)13(18)14-8-5-9(19-2)12(21-4)10(6-8)20-3/h5-6H,7H2,1-4H3,(H,14,18)(H,16,17). The first-order valence-electron chi connectivity index (χ1n) is 5.96. The Bertz CT molecular complexity index is 506. The van der Waals surface area contributed by atoms with Gasteiger partial charge in [0.25, 0.3) is 0 Å². The summed E-state index contributed by atoms with van der Waals surface area (Å²) in [5, 5.41) is 11.2. The van der Waals surface area contributed by atoms with E-state index in [2.05, 4.69) is 5.32 Å². The number of urea groups is 1. The Morgan fingerprint density at radius 3 is 2.05 bits per heavy atom. The van der Waals surface area contributed by atoms with E-state index in [0.29, 0.717) is 22.9 Å². The van der Waals surface area contributed by atoms with Gasteiger partial charge in [-0.05, 0) is 0 Å². The number of amides is 2. The zero-order valence-corrected chi connectivity index (χ0v) is 12.3. The van der Waals surface area contributed by atoms with Gasteiger partial charge in [0, 0.05) is 19.2 Å². The number of rotatable bonds is 6. The van der Waals surface area contributed by atoms with Crippen molar-refractivity contribution in [3.8, 4) is 17.2 Å². The van der Waals surface area contributed by atoms with Gasteiger partial charge in [-0.15, -0.1) is 0 Å². The van der Waals surface area contributed by atoms with E-state index in [1.807, 2.05) is 0 Å². The molecule has 0 unspecified atom stereocenters. The summed E-state index contributed by atoms with van der Waals surface area (Å²) in [4.78, 5) is 23.4. The SMILES string of the molecule is COc1cc(NC(=O)N(C)CC(=O)O)cc(OC)c1OC. The summed E-state index contributed by atoms with van der Waals surface area (Å²) in [5.74, 6) is 0.0653. The average Bonchev–Trinajstić information content (AvgIpc) is 2.45. The molecule has 0 saturated heterocycles. The fraction of sp³-hybridized carbons (Fsp3) is 0.385. The molecule has 2 amide bonds. The summed E-state index contributed by atoms with van der Waals surface area (Å²) in [6.07, 6.45) is 0. The largest absolute Gasteiger partial charge is 0.493 e. The maximum atomic E-state index is 11.8. The number of carbonyl (C=O) groups excluding carboxylic acids is 1. The molecule has 8 nitrogen and oxygen atoms in total. The third kappa shape index (κ3) is 4.16. The second kappa shape index (κ2) is 7.22. The van der Waals surface area contributed by atoms with Crippen LogP contribution >= 0.6 is 0 Å². The number of methoxy groups -OCH3 is 3. The van der Waals surface area contributed by atoms with Crippen LogP contribution in [0.25, 0.3) is 0 Å². The number of nitrogens with zero attached hydrogens (tertiary/aromatic N) is 1. The van der Waals surface area contributed by atoms with Gasteiger partial charge in [-0.2, -0.15) is 0 Å². The van der Waals surface area contributed by atoms with Crippen molar-refractivity contribution >= 4 is 17.7 Å². The maximum absolute atomic E-state index is 11.8. The first-order chi connectivity index (χ1) is 9.92. The van der Waals surface area contributed by atoms with E-state index in [9.17, 15) is 9.59 Å². The van der Waals surface area contributed by atoms with Crippen LogP contribution in [0.5, 0.6) is 17.2 Å². The maximum Gasteiger partial charge on any atom is 0.323 e. The molecule has 0 saturated carbocycles. The molecule has 1 rings (SSSR count). The minimum absolute atomic E-state index is 0.382. The van der Waals surface area contributed by atoms with Crippen LogP contribution in [-0.2, 0) is 4.79 Å². The number of carbonyl (C=O) groups is 2. The van der Waals surface area contributed by atoms with Crippen LogP contribution in [0.4, 0.5) is 10.5 Å². The lowest BCUT2D eigenvalue weighted by atomic mass is 10.2. The van der Waals surface area contributed by atoms with Gasteiger partial charge in [-0.3, -0.25) is 4.79 Å². The first-order valence-corrected chi connectivity index (χ1v) is 5.96. The Hall–Kier alpha value is -2.64. The van der Waals surface area contributed by atoms with E-state index in [-0.39, 0.29) is 0 Å². The van der Waals surface area contributed by atoms with Crippen molar-refractivity contribution in [1.82, 2.24) is 4.90 Å². The molecular formula is C13H18N2O6. The molecule has 0 aliphatic rings. The second-order valence-electron chi connectivity index (χ2n) is 4.09. The van der Waals surface area contributed by atoms with Crippen molar-refractivity contribution in [1.29, 1.82) is 0 Å². The Kier molecular flexibility index (Phi) is 5.65. The molecule has 1 aromatic rings. The molecule has 0 aromatic heterocycles. The van der Waals surface area contributed by atoms with Crippen molar-refractivity contribution in [2.75, 3.05) is 40.2 Å². The van der Waals surface area contributed by atoms with Crippen molar-refractivity contribution in [2.24, 2.45) is 0 Å². The number of hydrogen-bond acceptors (Lipinski definition) is 5. The van der Waals surface area contributed by atoms with Crippen LogP contribution in [-0.4, -0.2) is 56.9 Å². The zero-order valence-electron chi connectivity index (χ0n) is 12.3. The number of anilines is 1. The third-order valence-corrected chi connectivity index (χ3v) is 2.64. The highest BCUT2D eigenvalue weighted by molar-refractivity contribution is 5.91.